The molecule has 1 aliphatic heterocycles. The monoisotopic (exact) mass is 479 g/mol. The first-order valence-electron chi connectivity index (χ1n) is 13.4. The van der Waals surface area contributed by atoms with Crippen molar-refractivity contribution in [1.29, 1.82) is 0 Å². The molecular weight excluding hydrogens is 434 g/mol. The highest BCUT2D eigenvalue weighted by molar-refractivity contribution is 5.76. The van der Waals surface area contributed by atoms with Crippen molar-refractivity contribution in [3.63, 3.8) is 0 Å². The fourth-order valence-corrected chi connectivity index (χ4v) is 5.44. The Morgan fingerprint density at radius 1 is 1.03 bits per heavy atom. The third-order valence-electron chi connectivity index (χ3n) is 7.20. The first-order valence-corrected chi connectivity index (χ1v) is 13.4. The van der Waals surface area contributed by atoms with Crippen molar-refractivity contribution in [2.45, 2.75) is 90.8 Å². The van der Waals surface area contributed by atoms with E-state index in [9.17, 15) is 4.79 Å². The van der Waals surface area contributed by atoms with Crippen molar-refractivity contribution < 1.29 is 14.3 Å². The zero-order valence-corrected chi connectivity index (χ0v) is 22.6. The summed E-state index contributed by atoms with van der Waals surface area (Å²) in [4.78, 5) is 13.0. The van der Waals surface area contributed by atoms with Gasteiger partial charge in [0, 0.05) is 19.6 Å². The van der Waals surface area contributed by atoms with Gasteiger partial charge in [-0.2, -0.15) is 0 Å². The Bertz CT molecular complexity index is 905. The molecule has 1 amide bonds. The molecule has 1 fully saturated rings. The molecule has 1 N–H and O–H groups in total. The molecular formula is C31H45NO3. The molecule has 4 nitrogen and oxygen atoms in total. The highest BCUT2D eigenvalue weighted by Crippen LogP contribution is 2.39. The van der Waals surface area contributed by atoms with E-state index >= 15 is 0 Å². The van der Waals surface area contributed by atoms with Gasteiger partial charge in [0.05, 0.1) is 11.7 Å². The predicted octanol–water partition coefficient (Wildman–Crippen LogP) is 7.10. The second-order valence-electron chi connectivity index (χ2n) is 11.3. The van der Waals surface area contributed by atoms with Crippen molar-refractivity contribution in [3.8, 4) is 5.75 Å². The Labute approximate surface area is 212 Å². The molecule has 35 heavy (non-hydrogen) atoms. The normalized spacial score (nSPS) is 19.4. The van der Waals surface area contributed by atoms with Gasteiger partial charge in [0.25, 0.3) is 0 Å². The summed E-state index contributed by atoms with van der Waals surface area (Å²) >= 11 is 0. The second kappa shape index (κ2) is 12.6. The van der Waals surface area contributed by atoms with Crippen LogP contribution in [0.25, 0.3) is 0 Å². The van der Waals surface area contributed by atoms with E-state index in [4.69, 9.17) is 9.47 Å². The number of amides is 1. The lowest BCUT2D eigenvalue weighted by Gasteiger charge is -2.39. The summed E-state index contributed by atoms with van der Waals surface area (Å²) in [6.07, 6.45) is 3.72. The zero-order chi connectivity index (χ0) is 25.4. The van der Waals surface area contributed by atoms with Gasteiger partial charge in [-0.3, -0.25) is 4.79 Å². The number of ether oxygens (including phenoxy) is 2. The van der Waals surface area contributed by atoms with E-state index in [0.717, 1.165) is 31.6 Å². The molecule has 0 radical (unpaired) electrons. The van der Waals surface area contributed by atoms with Gasteiger partial charge < -0.3 is 14.8 Å². The summed E-state index contributed by atoms with van der Waals surface area (Å²) in [5, 5.41) is 3.24. The van der Waals surface area contributed by atoms with Crippen LogP contribution in [-0.4, -0.2) is 30.8 Å². The summed E-state index contributed by atoms with van der Waals surface area (Å²) in [7, 11) is 0. The molecule has 2 aromatic carbocycles. The van der Waals surface area contributed by atoms with Crippen molar-refractivity contribution in [2.24, 2.45) is 11.8 Å². The highest BCUT2D eigenvalue weighted by atomic mass is 16.5. The molecule has 0 saturated carbocycles. The molecule has 0 spiro atoms. The SMILES string of the molecule is CC(C)Oc1ccc([C@@H](CC(=O)NCC[C@H](c2ccccc2)[C@@H]2CCOC(C)(C)C2)C(C)C)cc1. The number of hydrogen-bond acceptors (Lipinski definition) is 3. The third kappa shape index (κ3) is 8.38. The van der Waals surface area contributed by atoms with E-state index < -0.39 is 0 Å². The van der Waals surface area contributed by atoms with Crippen LogP contribution in [0, 0.1) is 11.8 Å². The standard InChI is InChI=1S/C31H45NO3/c1-22(2)29(25-12-14-27(15-13-25)35-23(3)4)20-30(33)32-18-16-28(24-10-8-7-9-11-24)26-17-19-34-31(5,6)21-26/h7-15,22-23,26,28-29H,16-21H2,1-6H3,(H,32,33)/t26-,28-,29+/m1/s1. The van der Waals surface area contributed by atoms with Crippen LogP contribution in [0.2, 0.25) is 0 Å². The van der Waals surface area contributed by atoms with Gasteiger partial charge in [0.2, 0.25) is 5.91 Å². The Balaban J connectivity index is 1.60. The van der Waals surface area contributed by atoms with Gasteiger partial charge in [-0.25, -0.2) is 0 Å². The number of benzene rings is 2. The summed E-state index contributed by atoms with van der Waals surface area (Å²) < 4.78 is 11.8. The third-order valence-corrected chi connectivity index (χ3v) is 7.20. The van der Waals surface area contributed by atoms with Crippen LogP contribution in [0.5, 0.6) is 5.75 Å². The maximum absolute atomic E-state index is 13.0. The second-order valence-corrected chi connectivity index (χ2v) is 11.3. The summed E-state index contributed by atoms with van der Waals surface area (Å²) in [5.74, 6) is 2.55. The molecule has 3 atom stereocenters. The highest BCUT2D eigenvalue weighted by Gasteiger charge is 2.34. The Morgan fingerprint density at radius 2 is 1.71 bits per heavy atom. The molecule has 0 aromatic heterocycles. The Morgan fingerprint density at radius 3 is 2.31 bits per heavy atom. The van der Waals surface area contributed by atoms with E-state index in [0.29, 0.717) is 30.7 Å². The molecule has 4 heteroatoms. The van der Waals surface area contributed by atoms with Crippen molar-refractivity contribution in [2.75, 3.05) is 13.2 Å². The Kier molecular flexibility index (Phi) is 9.80. The molecule has 1 heterocycles. The topological polar surface area (TPSA) is 47.6 Å². The number of hydrogen-bond donors (Lipinski definition) is 1. The van der Waals surface area contributed by atoms with Gasteiger partial charge >= 0.3 is 0 Å². The fourth-order valence-electron chi connectivity index (χ4n) is 5.44. The van der Waals surface area contributed by atoms with Crippen LogP contribution in [0.1, 0.15) is 90.2 Å². The maximum atomic E-state index is 13.0. The predicted molar refractivity (Wildman–Crippen MR) is 144 cm³/mol. The molecule has 0 bridgehead atoms. The summed E-state index contributed by atoms with van der Waals surface area (Å²) in [6.45, 7) is 14.3. The average molecular weight is 480 g/mol. The Hall–Kier alpha value is -2.33. The van der Waals surface area contributed by atoms with Gasteiger partial charge in [0.1, 0.15) is 5.75 Å². The largest absolute Gasteiger partial charge is 0.491 e. The van der Waals surface area contributed by atoms with E-state index in [1.165, 1.54) is 11.1 Å². The van der Waals surface area contributed by atoms with E-state index in [1.807, 2.05) is 26.0 Å². The minimum Gasteiger partial charge on any atom is -0.491 e. The minimum absolute atomic E-state index is 0.0839. The maximum Gasteiger partial charge on any atom is 0.220 e. The smallest absolute Gasteiger partial charge is 0.220 e. The lowest BCUT2D eigenvalue weighted by molar-refractivity contribution is -0.121. The quantitative estimate of drug-likeness (QED) is 0.374. The number of rotatable bonds is 11. The molecule has 3 rings (SSSR count). The zero-order valence-electron chi connectivity index (χ0n) is 22.6. The van der Waals surface area contributed by atoms with Crippen molar-refractivity contribution in [1.82, 2.24) is 5.32 Å². The van der Waals surface area contributed by atoms with Crippen LogP contribution < -0.4 is 10.1 Å². The van der Waals surface area contributed by atoms with E-state index in [-0.39, 0.29) is 23.5 Å². The molecule has 0 unspecified atom stereocenters. The summed E-state index contributed by atoms with van der Waals surface area (Å²) in [5.41, 5.74) is 2.48. The number of nitrogens with one attached hydrogen (secondary N) is 1. The van der Waals surface area contributed by atoms with Crippen LogP contribution in [0.3, 0.4) is 0 Å². The minimum atomic E-state index is -0.0839. The van der Waals surface area contributed by atoms with E-state index in [1.54, 1.807) is 0 Å². The van der Waals surface area contributed by atoms with Gasteiger partial charge in [-0.1, -0.05) is 56.3 Å². The van der Waals surface area contributed by atoms with Gasteiger partial charge in [-0.05, 0) is 93.9 Å². The first-order chi connectivity index (χ1) is 16.6. The summed E-state index contributed by atoms with van der Waals surface area (Å²) in [6, 6.07) is 19.0. The first kappa shape index (κ1) is 27.3. The molecule has 192 valence electrons. The molecule has 2 aromatic rings. The van der Waals surface area contributed by atoms with Crippen LogP contribution in [-0.2, 0) is 9.53 Å². The lowest BCUT2D eigenvalue weighted by atomic mass is 9.75. The fraction of sp³-hybridized carbons (Fsp3) is 0.581. The average Bonchev–Trinajstić information content (AvgIpc) is 2.80. The number of carbonyl (C=O) groups is 1. The van der Waals surface area contributed by atoms with Crippen molar-refractivity contribution in [3.05, 3.63) is 65.7 Å². The van der Waals surface area contributed by atoms with E-state index in [2.05, 4.69) is 75.5 Å². The van der Waals surface area contributed by atoms with Gasteiger partial charge in [0.15, 0.2) is 0 Å². The van der Waals surface area contributed by atoms with Crippen LogP contribution >= 0.6 is 0 Å². The number of carbonyl (C=O) groups excluding carboxylic acids is 1. The molecule has 1 aliphatic rings. The van der Waals surface area contributed by atoms with Gasteiger partial charge in [-0.15, -0.1) is 0 Å². The van der Waals surface area contributed by atoms with Crippen LogP contribution in [0.15, 0.2) is 54.6 Å². The lowest BCUT2D eigenvalue weighted by Crippen LogP contribution is -2.37. The molecule has 0 aliphatic carbocycles. The van der Waals surface area contributed by atoms with Crippen molar-refractivity contribution >= 4 is 5.91 Å². The van der Waals surface area contributed by atoms with Crippen LogP contribution in [0.4, 0.5) is 0 Å². The molecule has 1 saturated heterocycles.